The second-order valence-electron chi connectivity index (χ2n) is 4.43. The van der Waals surface area contributed by atoms with E-state index in [0.29, 0.717) is 17.1 Å². The van der Waals surface area contributed by atoms with Gasteiger partial charge in [-0.25, -0.2) is 4.79 Å². The Labute approximate surface area is 133 Å². The molecule has 0 unspecified atom stereocenters. The van der Waals surface area contributed by atoms with Crippen molar-refractivity contribution in [1.29, 1.82) is 0 Å². The number of amides is 2. The van der Waals surface area contributed by atoms with Gasteiger partial charge in [-0.05, 0) is 36.6 Å². The molecule has 0 aliphatic carbocycles. The van der Waals surface area contributed by atoms with Gasteiger partial charge >= 0.3 is 12.0 Å². The van der Waals surface area contributed by atoms with Crippen molar-refractivity contribution in [3.05, 3.63) is 48.5 Å². The molecule has 2 amide bonds. The van der Waals surface area contributed by atoms with Crippen molar-refractivity contribution in [2.75, 3.05) is 16.9 Å². The van der Waals surface area contributed by atoms with Crippen LogP contribution in [0.2, 0.25) is 0 Å². The Morgan fingerprint density at radius 3 is 2.27 bits per heavy atom. The van der Waals surface area contributed by atoms with Crippen LogP contribution in [0.4, 0.5) is 16.2 Å². The summed E-state index contributed by atoms with van der Waals surface area (Å²) >= 11 is 1.60. The predicted molar refractivity (Wildman–Crippen MR) is 88.6 cm³/mol. The van der Waals surface area contributed by atoms with Crippen molar-refractivity contribution < 1.29 is 14.3 Å². The number of hydrogen-bond donors (Lipinski definition) is 2. The van der Waals surface area contributed by atoms with Crippen LogP contribution in [0.3, 0.4) is 0 Å². The highest BCUT2D eigenvalue weighted by Gasteiger charge is 2.05. The van der Waals surface area contributed by atoms with Gasteiger partial charge in [-0.15, -0.1) is 11.8 Å². The van der Waals surface area contributed by atoms with Crippen molar-refractivity contribution in [3.8, 4) is 5.75 Å². The lowest BCUT2D eigenvalue weighted by Crippen LogP contribution is -2.19. The van der Waals surface area contributed by atoms with Gasteiger partial charge in [-0.1, -0.05) is 12.1 Å². The largest absolute Gasteiger partial charge is 0.427 e. The van der Waals surface area contributed by atoms with E-state index in [1.54, 1.807) is 36.0 Å². The highest BCUT2D eigenvalue weighted by Crippen LogP contribution is 2.20. The Balaban J connectivity index is 2.00. The van der Waals surface area contributed by atoms with Crippen LogP contribution in [0.1, 0.15) is 6.92 Å². The zero-order chi connectivity index (χ0) is 15.9. The van der Waals surface area contributed by atoms with Crippen molar-refractivity contribution in [1.82, 2.24) is 0 Å². The highest BCUT2D eigenvalue weighted by atomic mass is 32.2. The van der Waals surface area contributed by atoms with Crippen molar-refractivity contribution in [2.45, 2.75) is 11.8 Å². The number of carbonyl (C=O) groups excluding carboxylic acids is 2. The van der Waals surface area contributed by atoms with Gasteiger partial charge in [0.1, 0.15) is 5.75 Å². The Bertz CT molecular complexity index is 689. The van der Waals surface area contributed by atoms with E-state index in [2.05, 4.69) is 10.6 Å². The molecule has 2 rings (SSSR count). The normalized spacial score (nSPS) is 9.91. The van der Waals surface area contributed by atoms with E-state index in [-0.39, 0.29) is 6.03 Å². The number of carbonyl (C=O) groups is 2. The number of benzene rings is 2. The molecule has 0 aliphatic heterocycles. The number of thioether (sulfide) groups is 1. The number of hydrogen-bond acceptors (Lipinski definition) is 4. The van der Waals surface area contributed by atoms with Gasteiger partial charge in [0.15, 0.2) is 0 Å². The number of esters is 1. The van der Waals surface area contributed by atoms with Crippen LogP contribution in [-0.2, 0) is 4.79 Å². The fraction of sp³-hybridized carbons (Fsp3) is 0.125. The van der Waals surface area contributed by atoms with E-state index in [1.807, 2.05) is 30.5 Å². The Morgan fingerprint density at radius 1 is 1.00 bits per heavy atom. The summed E-state index contributed by atoms with van der Waals surface area (Å²) in [5, 5.41) is 5.45. The van der Waals surface area contributed by atoms with E-state index in [1.165, 1.54) is 6.92 Å². The molecule has 0 saturated heterocycles. The molecule has 2 aromatic rings. The van der Waals surface area contributed by atoms with Crippen LogP contribution in [0, 0.1) is 0 Å². The third-order valence-corrected chi connectivity index (χ3v) is 3.41. The number of anilines is 2. The van der Waals surface area contributed by atoms with Gasteiger partial charge in [-0.3, -0.25) is 4.79 Å². The molecule has 22 heavy (non-hydrogen) atoms. The average Bonchev–Trinajstić information content (AvgIpc) is 2.47. The maximum Gasteiger partial charge on any atom is 0.323 e. The molecule has 0 heterocycles. The minimum absolute atomic E-state index is 0.363. The summed E-state index contributed by atoms with van der Waals surface area (Å²) in [5.74, 6) is -0.0230. The van der Waals surface area contributed by atoms with Crippen LogP contribution in [0.15, 0.2) is 53.4 Å². The van der Waals surface area contributed by atoms with Gasteiger partial charge in [0, 0.05) is 29.3 Å². The first-order valence-corrected chi connectivity index (χ1v) is 7.80. The first-order chi connectivity index (χ1) is 10.6. The van der Waals surface area contributed by atoms with E-state index in [9.17, 15) is 9.59 Å². The van der Waals surface area contributed by atoms with Crippen LogP contribution >= 0.6 is 11.8 Å². The zero-order valence-electron chi connectivity index (χ0n) is 12.3. The lowest BCUT2D eigenvalue weighted by molar-refractivity contribution is -0.131. The molecular weight excluding hydrogens is 300 g/mol. The molecule has 2 N–H and O–H groups in total. The zero-order valence-corrected chi connectivity index (χ0v) is 13.1. The van der Waals surface area contributed by atoms with Gasteiger partial charge in [-0.2, -0.15) is 0 Å². The maximum atomic E-state index is 12.0. The summed E-state index contributed by atoms with van der Waals surface area (Å²) in [5.41, 5.74) is 1.25. The molecule has 114 valence electrons. The average molecular weight is 316 g/mol. The fourth-order valence-electron chi connectivity index (χ4n) is 1.80. The quantitative estimate of drug-likeness (QED) is 0.509. The third kappa shape index (κ3) is 4.82. The smallest absolute Gasteiger partial charge is 0.323 e. The number of ether oxygens (including phenoxy) is 1. The summed E-state index contributed by atoms with van der Waals surface area (Å²) in [6.07, 6.45) is 1.97. The Morgan fingerprint density at radius 2 is 1.64 bits per heavy atom. The first-order valence-electron chi connectivity index (χ1n) is 6.57. The second-order valence-corrected chi connectivity index (χ2v) is 5.31. The van der Waals surface area contributed by atoms with Crippen LogP contribution < -0.4 is 15.4 Å². The third-order valence-electron chi connectivity index (χ3n) is 2.68. The van der Waals surface area contributed by atoms with Crippen LogP contribution in [0.5, 0.6) is 5.75 Å². The molecule has 0 fully saturated rings. The lowest BCUT2D eigenvalue weighted by Gasteiger charge is -2.09. The number of nitrogens with one attached hydrogen (secondary N) is 2. The van der Waals surface area contributed by atoms with E-state index in [0.717, 1.165) is 4.90 Å². The Kier molecular flexibility index (Phi) is 5.43. The number of rotatable bonds is 4. The molecule has 5 nitrogen and oxygen atoms in total. The van der Waals surface area contributed by atoms with Crippen LogP contribution in [0.25, 0.3) is 0 Å². The van der Waals surface area contributed by atoms with Crippen molar-refractivity contribution >= 4 is 35.1 Å². The maximum absolute atomic E-state index is 12.0. The monoisotopic (exact) mass is 316 g/mol. The summed E-state index contributed by atoms with van der Waals surface area (Å²) < 4.78 is 4.97. The summed E-state index contributed by atoms with van der Waals surface area (Å²) in [7, 11) is 0. The Hall–Kier alpha value is -2.47. The summed E-state index contributed by atoms with van der Waals surface area (Å²) in [6, 6.07) is 13.8. The topological polar surface area (TPSA) is 67.4 Å². The standard InChI is InChI=1S/C16H16N2O3S/c1-11(19)21-14-7-3-5-12(9-14)17-16(20)18-13-6-4-8-15(10-13)22-2/h3-10H,1-2H3,(H2,17,18,20). The molecule has 0 spiro atoms. The van der Waals surface area contributed by atoms with Crippen molar-refractivity contribution in [3.63, 3.8) is 0 Å². The van der Waals surface area contributed by atoms with Crippen LogP contribution in [-0.4, -0.2) is 18.3 Å². The van der Waals surface area contributed by atoms with E-state index in [4.69, 9.17) is 4.74 Å². The molecule has 0 aliphatic rings. The summed E-state index contributed by atoms with van der Waals surface area (Å²) in [6.45, 7) is 1.32. The van der Waals surface area contributed by atoms with Crippen molar-refractivity contribution in [2.24, 2.45) is 0 Å². The van der Waals surface area contributed by atoms with Gasteiger partial charge in [0.2, 0.25) is 0 Å². The number of urea groups is 1. The molecule has 2 aromatic carbocycles. The SMILES string of the molecule is CSc1cccc(NC(=O)Nc2cccc(OC(C)=O)c2)c1. The molecular formula is C16H16N2O3S. The molecule has 0 atom stereocenters. The van der Waals surface area contributed by atoms with Gasteiger partial charge in [0.05, 0.1) is 0 Å². The predicted octanol–water partition coefficient (Wildman–Crippen LogP) is 3.98. The molecule has 6 heteroatoms. The highest BCUT2D eigenvalue weighted by molar-refractivity contribution is 7.98. The first kappa shape index (κ1) is 15.9. The molecule has 0 bridgehead atoms. The summed E-state index contributed by atoms with van der Waals surface area (Å²) in [4.78, 5) is 24.0. The van der Waals surface area contributed by atoms with Gasteiger partial charge in [0.25, 0.3) is 0 Å². The molecule has 0 aromatic heterocycles. The minimum atomic E-state index is -0.407. The second kappa shape index (κ2) is 7.51. The lowest BCUT2D eigenvalue weighted by atomic mass is 10.3. The fourth-order valence-corrected chi connectivity index (χ4v) is 2.26. The minimum Gasteiger partial charge on any atom is -0.427 e. The molecule has 0 saturated carbocycles. The van der Waals surface area contributed by atoms with E-state index >= 15 is 0 Å². The van der Waals surface area contributed by atoms with E-state index < -0.39 is 5.97 Å². The molecule has 0 radical (unpaired) electrons. The van der Waals surface area contributed by atoms with Gasteiger partial charge < -0.3 is 15.4 Å².